The summed E-state index contributed by atoms with van der Waals surface area (Å²) >= 11 is 3.41. The van der Waals surface area contributed by atoms with Crippen molar-refractivity contribution in [2.75, 3.05) is 0 Å². The van der Waals surface area contributed by atoms with E-state index in [1.807, 2.05) is 17.8 Å². The fraction of sp³-hybridized carbons (Fsp3) is 0.357. The number of hydrogen-bond donors (Lipinski definition) is 2. The van der Waals surface area contributed by atoms with Crippen molar-refractivity contribution >= 4 is 29.0 Å². The second-order valence-corrected chi connectivity index (χ2v) is 12.4. The SMILES string of the molecule is CCC(Sc1cc(C)c(-c2ccc(C(C)(C)C)cc2)c(C)c1)c1ccc(C(=O)NCc2nn[nH]n2)s1. The molecule has 0 saturated heterocycles. The van der Waals surface area contributed by atoms with Crippen molar-refractivity contribution in [1.82, 2.24) is 25.9 Å². The number of carbonyl (C=O) groups is 1. The highest BCUT2D eigenvalue weighted by Gasteiger charge is 2.19. The van der Waals surface area contributed by atoms with Gasteiger partial charge in [-0.2, -0.15) is 5.21 Å². The molecule has 188 valence electrons. The molecule has 1 unspecified atom stereocenters. The average molecular weight is 520 g/mol. The molecule has 6 nitrogen and oxygen atoms in total. The summed E-state index contributed by atoms with van der Waals surface area (Å²) in [6.07, 6.45) is 0.975. The maximum absolute atomic E-state index is 12.6. The van der Waals surface area contributed by atoms with Gasteiger partial charge in [-0.1, -0.05) is 57.2 Å². The smallest absolute Gasteiger partial charge is 0.261 e. The third-order valence-corrected chi connectivity index (χ3v) is 8.89. The maximum Gasteiger partial charge on any atom is 0.261 e. The number of rotatable bonds is 8. The Bertz CT molecular complexity index is 1300. The van der Waals surface area contributed by atoms with Crippen LogP contribution in [0.4, 0.5) is 0 Å². The number of nitrogens with one attached hydrogen (secondary N) is 2. The van der Waals surface area contributed by atoms with Crippen LogP contribution in [0.2, 0.25) is 0 Å². The van der Waals surface area contributed by atoms with E-state index in [1.165, 1.54) is 37.6 Å². The fourth-order valence-corrected chi connectivity index (χ4v) is 6.70. The number of carbonyl (C=O) groups excluding carboxylic acids is 1. The summed E-state index contributed by atoms with van der Waals surface area (Å²) in [5.74, 6) is 0.339. The second-order valence-electron chi connectivity index (χ2n) is 9.99. The lowest BCUT2D eigenvalue weighted by Gasteiger charge is -2.20. The molecule has 8 heteroatoms. The standard InChI is InChI=1S/C28H33N5OS2/c1-7-22(23-12-13-24(36-23)27(34)29-16-25-30-32-33-31-25)35-21-14-17(2)26(18(3)15-21)19-8-10-20(11-9-19)28(4,5)6/h8-15,22H,7,16H2,1-6H3,(H,29,34)(H,30,31,32,33). The number of benzene rings is 2. The van der Waals surface area contributed by atoms with E-state index >= 15 is 0 Å². The number of hydrogen-bond acceptors (Lipinski definition) is 6. The van der Waals surface area contributed by atoms with E-state index in [0.717, 1.165) is 6.42 Å². The number of thioether (sulfide) groups is 1. The summed E-state index contributed by atoms with van der Waals surface area (Å²) in [4.78, 5) is 15.7. The lowest BCUT2D eigenvalue weighted by molar-refractivity contribution is 0.0954. The van der Waals surface area contributed by atoms with Crippen LogP contribution in [0.5, 0.6) is 0 Å². The molecule has 4 rings (SSSR count). The van der Waals surface area contributed by atoms with Crippen molar-refractivity contribution in [3.8, 4) is 11.1 Å². The monoisotopic (exact) mass is 519 g/mol. The summed E-state index contributed by atoms with van der Waals surface area (Å²) < 4.78 is 0. The lowest BCUT2D eigenvalue weighted by Crippen LogP contribution is -2.22. The zero-order chi connectivity index (χ0) is 25.9. The molecule has 1 atom stereocenters. The van der Waals surface area contributed by atoms with Crippen molar-refractivity contribution in [1.29, 1.82) is 0 Å². The van der Waals surface area contributed by atoms with Crippen LogP contribution in [-0.2, 0) is 12.0 Å². The molecule has 0 fully saturated rings. The van der Waals surface area contributed by atoms with Gasteiger partial charge in [0.15, 0.2) is 5.82 Å². The number of aromatic amines is 1. The molecule has 0 aliphatic carbocycles. The van der Waals surface area contributed by atoms with Gasteiger partial charge in [0.1, 0.15) is 0 Å². The molecule has 36 heavy (non-hydrogen) atoms. The zero-order valence-corrected chi connectivity index (χ0v) is 23.3. The van der Waals surface area contributed by atoms with Gasteiger partial charge >= 0.3 is 0 Å². The third-order valence-electron chi connectivity index (χ3n) is 6.16. The molecule has 0 aliphatic heterocycles. The van der Waals surface area contributed by atoms with Crippen LogP contribution < -0.4 is 5.32 Å². The number of aryl methyl sites for hydroxylation is 2. The zero-order valence-electron chi connectivity index (χ0n) is 21.7. The Kier molecular flexibility index (Phi) is 7.95. The molecule has 0 aliphatic rings. The van der Waals surface area contributed by atoms with E-state index in [0.29, 0.717) is 10.7 Å². The summed E-state index contributed by atoms with van der Waals surface area (Å²) in [7, 11) is 0. The molecule has 2 aromatic heterocycles. The van der Waals surface area contributed by atoms with Gasteiger partial charge in [-0.05, 0) is 77.8 Å². The van der Waals surface area contributed by atoms with Crippen molar-refractivity contribution in [3.63, 3.8) is 0 Å². The van der Waals surface area contributed by atoms with E-state index in [9.17, 15) is 4.79 Å². The Morgan fingerprint density at radius 1 is 1.08 bits per heavy atom. The number of tetrazole rings is 1. The normalized spacial score (nSPS) is 12.5. The average Bonchev–Trinajstić information content (AvgIpc) is 3.53. The first kappa shape index (κ1) is 26.1. The Morgan fingerprint density at radius 3 is 2.36 bits per heavy atom. The predicted molar refractivity (Wildman–Crippen MR) is 149 cm³/mol. The highest BCUT2D eigenvalue weighted by Crippen LogP contribution is 2.42. The van der Waals surface area contributed by atoms with Gasteiger partial charge in [0, 0.05) is 15.0 Å². The molecule has 2 aromatic carbocycles. The molecule has 0 radical (unpaired) electrons. The van der Waals surface area contributed by atoms with Gasteiger partial charge in [-0.3, -0.25) is 4.79 Å². The number of thiophene rings is 1. The molecule has 0 saturated carbocycles. The number of aromatic nitrogens is 4. The molecular formula is C28H33N5OS2. The molecule has 0 spiro atoms. The second kappa shape index (κ2) is 11.0. The van der Waals surface area contributed by atoms with Crippen molar-refractivity contribution in [2.45, 2.75) is 70.1 Å². The van der Waals surface area contributed by atoms with Crippen LogP contribution in [0.25, 0.3) is 11.1 Å². The first-order chi connectivity index (χ1) is 17.2. The summed E-state index contributed by atoms with van der Waals surface area (Å²) in [6, 6.07) is 17.5. The first-order valence-electron chi connectivity index (χ1n) is 12.1. The largest absolute Gasteiger partial charge is 0.344 e. The summed E-state index contributed by atoms with van der Waals surface area (Å²) in [5.41, 5.74) is 6.63. The molecule has 0 bridgehead atoms. The quantitative estimate of drug-likeness (QED) is 0.245. The summed E-state index contributed by atoms with van der Waals surface area (Å²) in [5, 5.41) is 16.8. The summed E-state index contributed by atoms with van der Waals surface area (Å²) in [6.45, 7) is 13.6. The van der Waals surface area contributed by atoms with Crippen LogP contribution in [0.1, 0.15) is 76.4 Å². The highest BCUT2D eigenvalue weighted by atomic mass is 32.2. The van der Waals surface area contributed by atoms with Gasteiger partial charge in [-0.25, -0.2) is 0 Å². The van der Waals surface area contributed by atoms with Crippen molar-refractivity contribution < 1.29 is 4.79 Å². The van der Waals surface area contributed by atoms with E-state index in [4.69, 9.17) is 0 Å². The van der Waals surface area contributed by atoms with Gasteiger partial charge in [0.25, 0.3) is 5.91 Å². The van der Waals surface area contributed by atoms with E-state index in [2.05, 4.69) is 110 Å². The van der Waals surface area contributed by atoms with Crippen molar-refractivity contribution in [3.05, 3.63) is 80.8 Å². The minimum atomic E-state index is -0.121. The number of H-pyrrole nitrogens is 1. The minimum Gasteiger partial charge on any atom is -0.344 e. The van der Waals surface area contributed by atoms with E-state index in [1.54, 1.807) is 11.3 Å². The Morgan fingerprint density at radius 2 is 1.78 bits per heavy atom. The van der Waals surface area contributed by atoms with Crippen LogP contribution >= 0.6 is 23.1 Å². The molecule has 2 N–H and O–H groups in total. The highest BCUT2D eigenvalue weighted by molar-refractivity contribution is 7.99. The Balaban J connectivity index is 1.48. The third kappa shape index (κ3) is 6.05. The number of nitrogens with zero attached hydrogens (tertiary/aromatic N) is 3. The lowest BCUT2D eigenvalue weighted by atomic mass is 9.85. The van der Waals surface area contributed by atoms with Crippen LogP contribution in [0.15, 0.2) is 53.4 Å². The fourth-order valence-electron chi connectivity index (χ4n) is 4.24. The minimum absolute atomic E-state index is 0.121. The maximum atomic E-state index is 12.6. The van der Waals surface area contributed by atoms with Gasteiger partial charge in [0.2, 0.25) is 0 Å². The number of amides is 1. The topological polar surface area (TPSA) is 83.6 Å². The van der Waals surface area contributed by atoms with E-state index in [-0.39, 0.29) is 23.1 Å². The van der Waals surface area contributed by atoms with Crippen LogP contribution in [-0.4, -0.2) is 26.5 Å². The molecule has 1 amide bonds. The van der Waals surface area contributed by atoms with Gasteiger partial charge in [0.05, 0.1) is 11.4 Å². The first-order valence-corrected chi connectivity index (χ1v) is 13.8. The Labute approximate surface area is 221 Å². The van der Waals surface area contributed by atoms with Crippen molar-refractivity contribution in [2.24, 2.45) is 0 Å². The molecule has 2 heterocycles. The molecule has 4 aromatic rings. The van der Waals surface area contributed by atoms with Crippen LogP contribution in [0, 0.1) is 13.8 Å². The van der Waals surface area contributed by atoms with Crippen LogP contribution in [0.3, 0.4) is 0 Å². The predicted octanol–water partition coefficient (Wildman–Crippen LogP) is 7.02. The van der Waals surface area contributed by atoms with Gasteiger partial charge < -0.3 is 5.32 Å². The van der Waals surface area contributed by atoms with E-state index < -0.39 is 0 Å². The Hall–Kier alpha value is -2.97. The van der Waals surface area contributed by atoms with Gasteiger partial charge in [-0.15, -0.1) is 33.3 Å². The molecular weight excluding hydrogens is 486 g/mol.